The number of hydrogen-bond acceptors (Lipinski definition) is 2. The highest BCUT2D eigenvalue weighted by molar-refractivity contribution is 7.93. The summed E-state index contributed by atoms with van der Waals surface area (Å²) >= 11 is 0. The van der Waals surface area contributed by atoms with Crippen molar-refractivity contribution in [3.05, 3.63) is 89.7 Å². The average Bonchev–Trinajstić information content (AvgIpc) is 2.79. The Hall–Kier alpha value is -2.66. The second-order valence-electron chi connectivity index (χ2n) is 5.98. The van der Waals surface area contributed by atoms with E-state index in [-0.39, 0.29) is 4.90 Å². The Morgan fingerprint density at radius 2 is 1.20 bits per heavy atom. The molecule has 0 bridgehead atoms. The van der Waals surface area contributed by atoms with Gasteiger partial charge in [-0.2, -0.15) is 0 Å². The highest BCUT2D eigenvalue weighted by atomic mass is 32.2. The molecule has 1 aliphatic rings. The molecular formula is C20H16FNO2S. The predicted octanol–water partition coefficient (Wildman–Crippen LogP) is 4.45. The molecule has 0 saturated carbocycles. The number of hydrogen-bond donors (Lipinski definition) is 0. The highest BCUT2D eigenvalue weighted by Gasteiger charge is 2.31. The second kappa shape index (κ2) is 6.01. The molecule has 0 amide bonds. The lowest BCUT2D eigenvalue weighted by molar-refractivity contribution is 0.595. The zero-order valence-electron chi connectivity index (χ0n) is 13.4. The summed E-state index contributed by atoms with van der Waals surface area (Å²) in [5.74, 6) is -0.462. The van der Waals surface area contributed by atoms with E-state index in [1.54, 1.807) is 0 Å². The second-order valence-corrected chi connectivity index (χ2v) is 7.77. The van der Waals surface area contributed by atoms with E-state index in [0.717, 1.165) is 24.0 Å². The van der Waals surface area contributed by atoms with Crippen molar-refractivity contribution in [1.82, 2.24) is 0 Å². The van der Waals surface area contributed by atoms with Crippen molar-refractivity contribution in [2.45, 2.75) is 17.7 Å². The van der Waals surface area contributed by atoms with Crippen LogP contribution in [0.3, 0.4) is 0 Å². The molecule has 4 rings (SSSR count). The van der Waals surface area contributed by atoms with Gasteiger partial charge in [0.2, 0.25) is 0 Å². The van der Waals surface area contributed by atoms with Crippen molar-refractivity contribution in [2.24, 2.45) is 0 Å². The van der Waals surface area contributed by atoms with Gasteiger partial charge in [0.1, 0.15) is 5.82 Å². The number of benzene rings is 3. The third kappa shape index (κ3) is 2.70. The molecule has 0 spiro atoms. The Kier molecular flexibility index (Phi) is 3.81. The summed E-state index contributed by atoms with van der Waals surface area (Å²) in [6, 6.07) is 20.0. The first kappa shape index (κ1) is 15.8. The van der Waals surface area contributed by atoms with Crippen LogP contribution in [-0.2, 0) is 22.9 Å². The van der Waals surface area contributed by atoms with Gasteiger partial charge in [0.05, 0.1) is 16.3 Å². The Bertz CT molecular complexity index is 982. The van der Waals surface area contributed by atoms with Crippen LogP contribution in [0.2, 0.25) is 0 Å². The van der Waals surface area contributed by atoms with E-state index in [0.29, 0.717) is 11.4 Å². The lowest BCUT2D eigenvalue weighted by Gasteiger charge is -2.26. The van der Waals surface area contributed by atoms with E-state index in [1.807, 2.05) is 48.5 Å². The number of rotatable bonds is 2. The van der Waals surface area contributed by atoms with Gasteiger partial charge in [-0.3, -0.25) is 0 Å². The number of sulfonamides is 1. The predicted molar refractivity (Wildman–Crippen MR) is 96.0 cm³/mol. The quantitative estimate of drug-likeness (QED) is 0.682. The summed E-state index contributed by atoms with van der Waals surface area (Å²) in [5, 5.41) is 0. The molecule has 3 nitrogen and oxygen atoms in total. The van der Waals surface area contributed by atoms with Gasteiger partial charge in [0.25, 0.3) is 10.0 Å². The molecule has 0 aromatic heterocycles. The van der Waals surface area contributed by atoms with Crippen molar-refractivity contribution in [1.29, 1.82) is 0 Å². The molecule has 1 aliphatic heterocycles. The summed E-state index contributed by atoms with van der Waals surface area (Å²) < 4.78 is 41.4. The van der Waals surface area contributed by atoms with Crippen LogP contribution in [0.25, 0.3) is 0 Å². The molecule has 0 unspecified atom stereocenters. The topological polar surface area (TPSA) is 37.4 Å². The van der Waals surface area contributed by atoms with Crippen LogP contribution in [0.5, 0.6) is 0 Å². The molecule has 0 saturated heterocycles. The molecule has 126 valence electrons. The fraction of sp³-hybridized carbons (Fsp3) is 0.100. The number of nitrogens with zero attached hydrogens (tertiary/aromatic N) is 1. The van der Waals surface area contributed by atoms with Gasteiger partial charge in [-0.1, -0.05) is 36.4 Å². The minimum absolute atomic E-state index is 0.0698. The first-order valence-electron chi connectivity index (χ1n) is 8.04. The Morgan fingerprint density at radius 1 is 0.720 bits per heavy atom. The molecule has 1 heterocycles. The maximum absolute atomic E-state index is 13.4. The third-order valence-electron chi connectivity index (χ3n) is 4.44. The molecule has 25 heavy (non-hydrogen) atoms. The molecule has 0 fully saturated rings. The fourth-order valence-electron chi connectivity index (χ4n) is 3.21. The summed E-state index contributed by atoms with van der Waals surface area (Å²) in [6.07, 6.45) is 1.53. The van der Waals surface area contributed by atoms with Gasteiger partial charge in [-0.15, -0.1) is 0 Å². The van der Waals surface area contributed by atoms with E-state index in [4.69, 9.17) is 0 Å². The minimum atomic E-state index is -3.86. The van der Waals surface area contributed by atoms with Crippen LogP contribution in [0.1, 0.15) is 11.1 Å². The third-order valence-corrected chi connectivity index (χ3v) is 6.18. The summed E-state index contributed by atoms with van der Waals surface area (Å²) in [5.41, 5.74) is 3.25. The molecule has 0 radical (unpaired) electrons. The van der Waals surface area contributed by atoms with Gasteiger partial charge < -0.3 is 0 Å². The summed E-state index contributed by atoms with van der Waals surface area (Å²) in [4.78, 5) is 0.0698. The normalized spacial score (nSPS) is 13.7. The maximum atomic E-state index is 13.4. The fourth-order valence-corrected chi connectivity index (χ4v) is 4.78. The number of fused-ring (bicyclic) bond motifs is 2. The first-order chi connectivity index (χ1) is 12.1. The van der Waals surface area contributed by atoms with Gasteiger partial charge >= 0.3 is 0 Å². The SMILES string of the molecule is O=S(=O)(c1ccc(F)cc1)N1c2ccccc2CCc2ccccc21. The molecule has 5 heteroatoms. The Morgan fingerprint density at radius 3 is 1.72 bits per heavy atom. The van der Waals surface area contributed by atoms with Crippen LogP contribution >= 0.6 is 0 Å². The molecule has 3 aromatic carbocycles. The van der Waals surface area contributed by atoms with Crippen LogP contribution < -0.4 is 4.31 Å². The summed E-state index contributed by atoms with van der Waals surface area (Å²) in [7, 11) is -3.86. The van der Waals surface area contributed by atoms with Crippen molar-refractivity contribution < 1.29 is 12.8 Å². The highest BCUT2D eigenvalue weighted by Crippen LogP contribution is 2.39. The van der Waals surface area contributed by atoms with Crippen molar-refractivity contribution in [2.75, 3.05) is 4.31 Å². The van der Waals surface area contributed by atoms with Crippen molar-refractivity contribution in [3.8, 4) is 0 Å². The standard InChI is InChI=1S/C20H16FNO2S/c21-17-11-13-18(14-12-17)25(23,24)22-19-7-3-1-5-15(19)9-10-16-6-2-4-8-20(16)22/h1-8,11-14H,9-10H2. The van der Waals surface area contributed by atoms with E-state index in [2.05, 4.69) is 0 Å². The lowest BCUT2D eigenvalue weighted by atomic mass is 10.0. The van der Waals surface area contributed by atoms with E-state index in [9.17, 15) is 12.8 Å². The van der Waals surface area contributed by atoms with Gasteiger partial charge in [-0.05, 0) is 60.4 Å². The Labute approximate surface area is 146 Å². The summed E-state index contributed by atoms with van der Waals surface area (Å²) in [6.45, 7) is 0. The van der Waals surface area contributed by atoms with Crippen molar-refractivity contribution >= 4 is 21.4 Å². The molecule has 0 atom stereocenters. The largest absolute Gasteiger partial charge is 0.268 e. The molecular weight excluding hydrogens is 337 g/mol. The number of halogens is 1. The van der Waals surface area contributed by atoms with Gasteiger partial charge in [0, 0.05) is 0 Å². The van der Waals surface area contributed by atoms with Gasteiger partial charge in [0.15, 0.2) is 0 Å². The van der Waals surface area contributed by atoms with Crippen LogP contribution in [0.15, 0.2) is 77.7 Å². The lowest BCUT2D eigenvalue weighted by Crippen LogP contribution is -2.27. The van der Waals surface area contributed by atoms with E-state index in [1.165, 1.54) is 28.6 Å². The van der Waals surface area contributed by atoms with E-state index >= 15 is 0 Å². The van der Waals surface area contributed by atoms with Crippen LogP contribution in [0.4, 0.5) is 15.8 Å². The smallest absolute Gasteiger partial charge is 0.234 e. The average molecular weight is 353 g/mol. The first-order valence-corrected chi connectivity index (χ1v) is 9.48. The molecule has 0 aliphatic carbocycles. The molecule has 0 N–H and O–H groups in total. The zero-order chi connectivity index (χ0) is 17.4. The van der Waals surface area contributed by atoms with Crippen LogP contribution in [-0.4, -0.2) is 8.42 Å². The minimum Gasteiger partial charge on any atom is -0.234 e. The maximum Gasteiger partial charge on any atom is 0.268 e. The number of aryl methyl sites for hydroxylation is 2. The monoisotopic (exact) mass is 353 g/mol. The molecule has 3 aromatic rings. The van der Waals surface area contributed by atoms with Crippen molar-refractivity contribution in [3.63, 3.8) is 0 Å². The van der Waals surface area contributed by atoms with Crippen LogP contribution in [0, 0.1) is 5.82 Å². The zero-order valence-corrected chi connectivity index (χ0v) is 14.2. The Balaban J connectivity index is 1.98. The number of anilines is 2. The number of para-hydroxylation sites is 2. The van der Waals surface area contributed by atoms with Gasteiger partial charge in [-0.25, -0.2) is 17.1 Å². The van der Waals surface area contributed by atoms with E-state index < -0.39 is 15.8 Å².